The molecule has 0 unspecified atom stereocenters. The van der Waals surface area contributed by atoms with Gasteiger partial charge in [0.1, 0.15) is 11.6 Å². The van der Waals surface area contributed by atoms with Crippen LogP contribution in [0.5, 0.6) is 5.75 Å². The molecule has 0 fully saturated rings. The van der Waals surface area contributed by atoms with Crippen molar-refractivity contribution in [1.82, 2.24) is 20.5 Å². The lowest BCUT2D eigenvalue weighted by Gasteiger charge is -2.09. The van der Waals surface area contributed by atoms with E-state index in [0.29, 0.717) is 17.1 Å². The summed E-state index contributed by atoms with van der Waals surface area (Å²) in [5, 5.41) is 8.61. The van der Waals surface area contributed by atoms with Crippen LogP contribution < -0.4 is 15.7 Å². The van der Waals surface area contributed by atoms with Crippen LogP contribution in [0, 0.1) is 6.92 Å². The number of aromatic nitrogens is 3. The molecule has 7 heteroatoms. The van der Waals surface area contributed by atoms with Crippen molar-refractivity contribution in [2.45, 2.75) is 13.5 Å². The lowest BCUT2D eigenvalue weighted by atomic mass is 10.1. The van der Waals surface area contributed by atoms with Gasteiger partial charge in [0.2, 0.25) is 0 Å². The Balaban J connectivity index is 2.10. The normalized spacial score (nSPS) is 10.2. The van der Waals surface area contributed by atoms with Crippen molar-refractivity contribution in [1.29, 1.82) is 0 Å². The van der Waals surface area contributed by atoms with Crippen molar-refractivity contribution in [3.63, 3.8) is 0 Å². The molecule has 1 aromatic carbocycles. The molecule has 19 heavy (non-hydrogen) atoms. The van der Waals surface area contributed by atoms with Gasteiger partial charge >= 0.3 is 5.69 Å². The summed E-state index contributed by atoms with van der Waals surface area (Å²) >= 11 is 0. The first-order valence-corrected chi connectivity index (χ1v) is 5.67. The fourth-order valence-corrected chi connectivity index (χ4v) is 1.73. The summed E-state index contributed by atoms with van der Waals surface area (Å²) in [6.07, 6.45) is 0. The van der Waals surface area contributed by atoms with Gasteiger partial charge in [0.25, 0.3) is 5.91 Å². The van der Waals surface area contributed by atoms with Crippen molar-refractivity contribution >= 4 is 5.91 Å². The fraction of sp³-hybridized carbons (Fsp3) is 0.250. The van der Waals surface area contributed by atoms with Crippen LogP contribution in [0.1, 0.15) is 21.7 Å². The van der Waals surface area contributed by atoms with Gasteiger partial charge in [-0.2, -0.15) is 5.10 Å². The number of rotatable bonds is 4. The van der Waals surface area contributed by atoms with Gasteiger partial charge in [-0.3, -0.25) is 9.78 Å². The van der Waals surface area contributed by atoms with Crippen LogP contribution in [0.4, 0.5) is 0 Å². The second-order valence-electron chi connectivity index (χ2n) is 3.94. The first-order chi connectivity index (χ1) is 9.11. The van der Waals surface area contributed by atoms with E-state index in [1.165, 1.54) is 0 Å². The van der Waals surface area contributed by atoms with Gasteiger partial charge in [0.15, 0.2) is 0 Å². The molecule has 3 N–H and O–H groups in total. The van der Waals surface area contributed by atoms with Crippen LogP contribution in [0.2, 0.25) is 0 Å². The van der Waals surface area contributed by atoms with E-state index in [4.69, 9.17) is 4.74 Å². The number of nitrogens with one attached hydrogen (secondary N) is 3. The molecule has 1 aromatic heterocycles. The van der Waals surface area contributed by atoms with Gasteiger partial charge in [0.05, 0.1) is 13.7 Å². The molecular weight excluding hydrogens is 248 g/mol. The number of H-pyrrole nitrogens is 2. The number of hydrogen-bond acceptors (Lipinski definition) is 4. The molecule has 2 rings (SSSR count). The average Bonchev–Trinajstić information content (AvgIpc) is 2.82. The molecule has 0 bridgehead atoms. The SMILES string of the molecule is COc1cccc(C(=O)NCc2n[nH]c(=O)[nH]2)c1C. The summed E-state index contributed by atoms with van der Waals surface area (Å²) in [4.78, 5) is 25.3. The minimum atomic E-state index is -0.401. The molecule has 2 aromatic rings. The molecule has 100 valence electrons. The molecule has 7 nitrogen and oxygen atoms in total. The van der Waals surface area contributed by atoms with Crippen molar-refractivity contribution in [3.05, 3.63) is 45.6 Å². The third kappa shape index (κ3) is 2.82. The molecular formula is C12H14N4O3. The van der Waals surface area contributed by atoms with Gasteiger partial charge in [-0.15, -0.1) is 0 Å². The maximum atomic E-state index is 12.0. The molecule has 0 aliphatic carbocycles. The van der Waals surface area contributed by atoms with Crippen molar-refractivity contribution in [2.75, 3.05) is 7.11 Å². The second-order valence-corrected chi connectivity index (χ2v) is 3.94. The molecule has 1 heterocycles. The van der Waals surface area contributed by atoms with E-state index in [0.717, 1.165) is 5.56 Å². The number of ether oxygens (including phenoxy) is 1. The van der Waals surface area contributed by atoms with Gasteiger partial charge in [-0.05, 0) is 19.1 Å². The predicted molar refractivity (Wildman–Crippen MR) is 68.1 cm³/mol. The molecule has 0 saturated carbocycles. The van der Waals surface area contributed by atoms with Crippen molar-refractivity contribution in [3.8, 4) is 5.75 Å². The molecule has 0 saturated heterocycles. The largest absolute Gasteiger partial charge is 0.496 e. The fourth-order valence-electron chi connectivity index (χ4n) is 1.73. The highest BCUT2D eigenvalue weighted by Crippen LogP contribution is 2.20. The molecule has 1 amide bonds. The maximum Gasteiger partial charge on any atom is 0.340 e. The standard InChI is InChI=1S/C12H14N4O3/c1-7-8(4-3-5-9(7)19-2)11(17)13-6-10-14-12(18)16-15-10/h3-5H,6H2,1-2H3,(H,13,17)(H2,14,15,16,18). The van der Waals surface area contributed by atoms with E-state index < -0.39 is 5.69 Å². The summed E-state index contributed by atoms with van der Waals surface area (Å²) < 4.78 is 5.16. The Bertz CT molecular complexity index is 644. The second kappa shape index (κ2) is 5.38. The number of carbonyl (C=O) groups excluding carboxylic acids is 1. The molecule has 0 atom stereocenters. The zero-order valence-electron chi connectivity index (χ0n) is 10.6. The van der Waals surface area contributed by atoms with Crippen LogP contribution in [0.3, 0.4) is 0 Å². The summed E-state index contributed by atoms with van der Waals surface area (Å²) in [5.41, 5.74) is 0.886. The van der Waals surface area contributed by atoms with E-state index in [2.05, 4.69) is 20.5 Å². The number of nitrogens with zero attached hydrogens (tertiary/aromatic N) is 1. The Hall–Kier alpha value is -2.57. The molecule has 0 aliphatic rings. The van der Waals surface area contributed by atoms with Crippen LogP contribution in [0.15, 0.2) is 23.0 Å². The van der Waals surface area contributed by atoms with E-state index in [-0.39, 0.29) is 12.5 Å². The Morgan fingerprint density at radius 3 is 2.89 bits per heavy atom. The average molecular weight is 262 g/mol. The van der Waals surface area contributed by atoms with Gasteiger partial charge < -0.3 is 10.1 Å². The smallest absolute Gasteiger partial charge is 0.340 e. The summed E-state index contributed by atoms with van der Waals surface area (Å²) in [5.74, 6) is 0.778. The predicted octanol–water partition coefficient (Wildman–Crippen LogP) is 0.345. The van der Waals surface area contributed by atoms with E-state index in [1.54, 1.807) is 25.3 Å². The number of hydrogen-bond donors (Lipinski definition) is 3. The van der Waals surface area contributed by atoms with E-state index >= 15 is 0 Å². The Kier molecular flexibility index (Phi) is 3.65. The molecule has 0 spiro atoms. The lowest BCUT2D eigenvalue weighted by molar-refractivity contribution is 0.0949. The van der Waals surface area contributed by atoms with Crippen LogP contribution in [0.25, 0.3) is 0 Å². The minimum Gasteiger partial charge on any atom is -0.496 e. The molecule has 0 aliphatic heterocycles. The number of methoxy groups -OCH3 is 1. The lowest BCUT2D eigenvalue weighted by Crippen LogP contribution is -2.24. The molecule has 0 radical (unpaired) electrons. The zero-order valence-corrected chi connectivity index (χ0v) is 10.6. The highest BCUT2D eigenvalue weighted by Gasteiger charge is 2.12. The van der Waals surface area contributed by atoms with Crippen LogP contribution in [-0.4, -0.2) is 28.2 Å². The number of carbonyl (C=O) groups is 1. The van der Waals surface area contributed by atoms with Crippen LogP contribution >= 0.6 is 0 Å². The zero-order chi connectivity index (χ0) is 13.8. The van der Waals surface area contributed by atoms with E-state index in [1.807, 2.05) is 6.92 Å². The van der Waals surface area contributed by atoms with E-state index in [9.17, 15) is 9.59 Å². The van der Waals surface area contributed by atoms with Crippen LogP contribution in [-0.2, 0) is 6.54 Å². The minimum absolute atomic E-state index is 0.147. The van der Waals surface area contributed by atoms with Crippen molar-refractivity contribution in [2.24, 2.45) is 0 Å². The summed E-state index contributed by atoms with van der Waals surface area (Å²) in [7, 11) is 1.55. The maximum absolute atomic E-state index is 12.0. The number of benzene rings is 1. The third-order valence-corrected chi connectivity index (χ3v) is 2.72. The highest BCUT2D eigenvalue weighted by molar-refractivity contribution is 5.96. The first kappa shape index (κ1) is 12.9. The Morgan fingerprint density at radius 1 is 1.47 bits per heavy atom. The summed E-state index contributed by atoms with van der Waals surface area (Å²) in [6, 6.07) is 5.24. The van der Waals surface area contributed by atoms with Gasteiger partial charge in [0, 0.05) is 11.1 Å². The Morgan fingerprint density at radius 2 is 2.26 bits per heavy atom. The summed E-state index contributed by atoms with van der Waals surface area (Å²) in [6.45, 7) is 1.96. The quantitative estimate of drug-likeness (QED) is 0.740. The monoisotopic (exact) mass is 262 g/mol. The third-order valence-electron chi connectivity index (χ3n) is 2.72. The number of amides is 1. The highest BCUT2D eigenvalue weighted by atomic mass is 16.5. The first-order valence-electron chi connectivity index (χ1n) is 5.67. The Labute approximate surface area is 109 Å². The van der Waals surface area contributed by atoms with Gasteiger partial charge in [-0.25, -0.2) is 9.89 Å². The topological polar surface area (TPSA) is 99.9 Å². The van der Waals surface area contributed by atoms with Crippen molar-refractivity contribution < 1.29 is 9.53 Å². The number of aromatic amines is 2. The van der Waals surface area contributed by atoms with Gasteiger partial charge in [-0.1, -0.05) is 6.07 Å².